The molecule has 1 fully saturated rings. The molecule has 0 bridgehead atoms. The Kier molecular flexibility index (Phi) is 5.64. The van der Waals surface area contributed by atoms with Gasteiger partial charge < -0.3 is 11.1 Å². The Balaban J connectivity index is 2.01. The minimum absolute atomic E-state index is 0.435. The lowest BCUT2D eigenvalue weighted by Gasteiger charge is -2.22. The normalized spacial score (nSPS) is 17.5. The van der Waals surface area contributed by atoms with Crippen LogP contribution in [0.1, 0.15) is 50.5 Å². The summed E-state index contributed by atoms with van der Waals surface area (Å²) in [6.07, 6.45) is 9.38. The summed E-state index contributed by atoms with van der Waals surface area (Å²) >= 11 is 8.55. The van der Waals surface area contributed by atoms with Crippen LogP contribution in [-0.4, -0.2) is 11.0 Å². The van der Waals surface area contributed by atoms with Crippen molar-refractivity contribution >= 4 is 38.8 Å². The minimum atomic E-state index is 0.435. The van der Waals surface area contributed by atoms with E-state index in [1.165, 1.54) is 44.9 Å². The van der Waals surface area contributed by atoms with E-state index in [9.17, 15) is 0 Å². The summed E-state index contributed by atoms with van der Waals surface area (Å²) in [7, 11) is 0. The van der Waals surface area contributed by atoms with Crippen LogP contribution in [-0.2, 0) is 0 Å². The van der Waals surface area contributed by atoms with Gasteiger partial charge in [0.05, 0.1) is 0 Å². The summed E-state index contributed by atoms with van der Waals surface area (Å²) in [5, 5.41) is 3.64. The fourth-order valence-corrected chi connectivity index (χ4v) is 3.54. The zero-order valence-corrected chi connectivity index (χ0v) is 13.5. The van der Waals surface area contributed by atoms with Gasteiger partial charge in [0.15, 0.2) is 0 Å². The van der Waals surface area contributed by atoms with Gasteiger partial charge in [-0.15, -0.1) is 0 Å². The van der Waals surface area contributed by atoms with Gasteiger partial charge in [-0.2, -0.15) is 0 Å². The maximum atomic E-state index is 5.67. The average Bonchev–Trinajstić information content (AvgIpc) is 2.32. The third-order valence-corrected chi connectivity index (χ3v) is 4.59. The van der Waals surface area contributed by atoms with Gasteiger partial charge in [-0.25, -0.2) is 0 Å². The average molecular weight is 341 g/mol. The van der Waals surface area contributed by atoms with E-state index in [1.807, 2.05) is 6.07 Å². The van der Waals surface area contributed by atoms with Crippen molar-refractivity contribution in [1.82, 2.24) is 0 Å². The molecule has 1 aliphatic carbocycles. The van der Waals surface area contributed by atoms with Gasteiger partial charge in [-0.05, 0) is 47.0 Å². The first-order chi connectivity index (χ1) is 9.16. The highest BCUT2D eigenvalue weighted by Crippen LogP contribution is 2.25. The Morgan fingerprint density at radius 1 is 1.16 bits per heavy atom. The Labute approximate surface area is 129 Å². The zero-order valence-electron chi connectivity index (χ0n) is 11.1. The van der Waals surface area contributed by atoms with Gasteiger partial charge in [0, 0.05) is 21.8 Å². The first-order valence-electron chi connectivity index (χ1n) is 7.02. The highest BCUT2D eigenvalue weighted by atomic mass is 79.9. The fourth-order valence-electron chi connectivity index (χ4n) is 2.64. The largest absolute Gasteiger partial charge is 0.389 e. The molecule has 1 aliphatic rings. The predicted octanol–water partition coefficient (Wildman–Crippen LogP) is 4.61. The number of thiocarbonyl (C=S) groups is 1. The number of halogens is 1. The summed E-state index contributed by atoms with van der Waals surface area (Å²) in [5.74, 6) is 0. The van der Waals surface area contributed by atoms with Crippen molar-refractivity contribution in [2.24, 2.45) is 5.73 Å². The number of nitrogens with two attached hydrogens (primary N) is 1. The van der Waals surface area contributed by atoms with Crippen molar-refractivity contribution < 1.29 is 0 Å². The highest BCUT2D eigenvalue weighted by molar-refractivity contribution is 9.10. The number of hydrogen-bond acceptors (Lipinski definition) is 2. The van der Waals surface area contributed by atoms with Gasteiger partial charge in [0.1, 0.15) is 4.99 Å². The molecule has 0 aromatic heterocycles. The fraction of sp³-hybridized carbons (Fsp3) is 0.533. The second kappa shape index (κ2) is 7.25. The quantitative estimate of drug-likeness (QED) is 0.789. The van der Waals surface area contributed by atoms with Crippen LogP contribution in [0.2, 0.25) is 0 Å². The summed E-state index contributed by atoms with van der Waals surface area (Å²) in [6, 6.07) is 6.73. The number of rotatable bonds is 3. The zero-order chi connectivity index (χ0) is 13.7. The SMILES string of the molecule is NC(=S)c1ccc(NC2CCCCCCC2)cc1Br. The van der Waals surface area contributed by atoms with Crippen molar-refractivity contribution in [1.29, 1.82) is 0 Å². The van der Waals surface area contributed by atoms with E-state index in [0.29, 0.717) is 11.0 Å². The minimum Gasteiger partial charge on any atom is -0.389 e. The predicted molar refractivity (Wildman–Crippen MR) is 89.8 cm³/mol. The Hall–Kier alpha value is -0.610. The number of hydrogen-bond donors (Lipinski definition) is 2. The van der Waals surface area contributed by atoms with Crippen LogP contribution in [0, 0.1) is 0 Å². The third kappa shape index (κ3) is 4.46. The molecule has 1 aromatic rings. The number of anilines is 1. The van der Waals surface area contributed by atoms with Crippen molar-refractivity contribution in [3.05, 3.63) is 28.2 Å². The number of benzene rings is 1. The Bertz CT molecular complexity index is 440. The second-order valence-electron chi connectivity index (χ2n) is 5.25. The molecule has 0 heterocycles. The van der Waals surface area contributed by atoms with Crippen LogP contribution < -0.4 is 11.1 Å². The molecule has 0 saturated heterocycles. The summed E-state index contributed by atoms with van der Waals surface area (Å²) in [5.41, 5.74) is 7.72. The Morgan fingerprint density at radius 2 is 1.79 bits per heavy atom. The van der Waals surface area contributed by atoms with E-state index < -0.39 is 0 Å². The van der Waals surface area contributed by atoms with E-state index in [-0.39, 0.29) is 0 Å². The van der Waals surface area contributed by atoms with E-state index in [1.54, 1.807) is 0 Å². The monoisotopic (exact) mass is 340 g/mol. The lowest BCUT2D eigenvalue weighted by molar-refractivity contribution is 0.471. The third-order valence-electron chi connectivity index (χ3n) is 3.71. The van der Waals surface area contributed by atoms with E-state index >= 15 is 0 Å². The van der Waals surface area contributed by atoms with Crippen molar-refractivity contribution in [3.63, 3.8) is 0 Å². The van der Waals surface area contributed by atoms with E-state index in [2.05, 4.69) is 33.4 Å². The Morgan fingerprint density at radius 3 is 2.37 bits per heavy atom. The van der Waals surface area contributed by atoms with E-state index in [0.717, 1.165) is 15.7 Å². The summed E-state index contributed by atoms with van der Waals surface area (Å²) in [4.78, 5) is 0.435. The topological polar surface area (TPSA) is 38.0 Å². The lowest BCUT2D eigenvalue weighted by atomic mass is 9.96. The maximum Gasteiger partial charge on any atom is 0.105 e. The first-order valence-corrected chi connectivity index (χ1v) is 8.23. The van der Waals surface area contributed by atoms with Crippen molar-refractivity contribution in [3.8, 4) is 0 Å². The van der Waals surface area contributed by atoms with Crippen molar-refractivity contribution in [2.45, 2.75) is 51.0 Å². The molecule has 19 heavy (non-hydrogen) atoms. The van der Waals surface area contributed by atoms with Gasteiger partial charge in [0.25, 0.3) is 0 Å². The smallest absolute Gasteiger partial charge is 0.105 e. The van der Waals surface area contributed by atoms with Crippen LogP contribution >= 0.6 is 28.1 Å². The van der Waals surface area contributed by atoms with Crippen LogP contribution in [0.5, 0.6) is 0 Å². The van der Waals surface area contributed by atoms with Gasteiger partial charge in [-0.3, -0.25) is 0 Å². The van der Waals surface area contributed by atoms with Crippen LogP contribution in [0.3, 0.4) is 0 Å². The summed E-state index contributed by atoms with van der Waals surface area (Å²) < 4.78 is 0.968. The van der Waals surface area contributed by atoms with Crippen molar-refractivity contribution in [2.75, 3.05) is 5.32 Å². The molecular formula is C15H21BrN2S. The molecule has 0 radical (unpaired) electrons. The van der Waals surface area contributed by atoms with Crippen LogP contribution in [0.15, 0.2) is 22.7 Å². The molecule has 3 N–H and O–H groups in total. The van der Waals surface area contributed by atoms with Gasteiger partial charge in [-0.1, -0.05) is 44.3 Å². The second-order valence-corrected chi connectivity index (χ2v) is 6.54. The number of nitrogens with one attached hydrogen (secondary N) is 1. The molecule has 0 atom stereocenters. The van der Waals surface area contributed by atoms with Crippen LogP contribution in [0.4, 0.5) is 5.69 Å². The van der Waals surface area contributed by atoms with E-state index in [4.69, 9.17) is 18.0 Å². The molecule has 1 saturated carbocycles. The molecule has 0 unspecified atom stereocenters. The molecule has 1 aromatic carbocycles. The highest BCUT2D eigenvalue weighted by Gasteiger charge is 2.12. The molecule has 2 nitrogen and oxygen atoms in total. The van der Waals surface area contributed by atoms with Gasteiger partial charge >= 0.3 is 0 Å². The molecule has 104 valence electrons. The molecular weight excluding hydrogens is 320 g/mol. The maximum absolute atomic E-state index is 5.67. The first kappa shape index (κ1) is 14.8. The molecule has 0 amide bonds. The molecule has 2 rings (SSSR count). The molecule has 4 heteroatoms. The molecule has 0 spiro atoms. The molecule has 0 aliphatic heterocycles. The van der Waals surface area contributed by atoms with Crippen LogP contribution in [0.25, 0.3) is 0 Å². The summed E-state index contributed by atoms with van der Waals surface area (Å²) in [6.45, 7) is 0. The van der Waals surface area contributed by atoms with Gasteiger partial charge in [0.2, 0.25) is 0 Å². The standard InChI is InChI=1S/C15H21BrN2S/c16-14-10-12(8-9-13(14)15(17)19)18-11-6-4-2-1-3-5-7-11/h8-11,18H,1-7H2,(H2,17,19). The lowest BCUT2D eigenvalue weighted by Crippen LogP contribution is -2.20.